The van der Waals surface area contributed by atoms with E-state index in [9.17, 15) is 4.79 Å². The van der Waals surface area contributed by atoms with Gasteiger partial charge in [0.05, 0.1) is 0 Å². The molecular weight excluding hydrogens is 342 g/mol. The van der Waals surface area contributed by atoms with Crippen molar-refractivity contribution in [1.82, 2.24) is 14.7 Å². The lowest BCUT2D eigenvalue weighted by atomic mass is 10.2. The Hall–Kier alpha value is -0.910. The minimum absolute atomic E-state index is 0.130. The minimum atomic E-state index is 0.130. The van der Waals surface area contributed by atoms with Crippen LogP contribution in [0.25, 0.3) is 0 Å². The SMILES string of the molecule is CN(C)CCCN(CCCN(C)C)C(=O)c1ccc(Br)cc1. The fourth-order valence-corrected chi connectivity index (χ4v) is 2.51. The molecule has 124 valence electrons. The average Bonchev–Trinajstić information content (AvgIpc) is 2.45. The van der Waals surface area contributed by atoms with E-state index in [0.29, 0.717) is 0 Å². The van der Waals surface area contributed by atoms with Gasteiger partial charge in [0.2, 0.25) is 0 Å². The normalized spacial score (nSPS) is 11.2. The van der Waals surface area contributed by atoms with Gasteiger partial charge in [0, 0.05) is 23.1 Å². The first-order chi connectivity index (χ1) is 10.4. The molecule has 1 rings (SSSR count). The van der Waals surface area contributed by atoms with E-state index < -0.39 is 0 Å². The van der Waals surface area contributed by atoms with Gasteiger partial charge in [-0.1, -0.05) is 15.9 Å². The zero-order valence-electron chi connectivity index (χ0n) is 14.2. The van der Waals surface area contributed by atoms with Gasteiger partial charge in [0.15, 0.2) is 0 Å². The van der Waals surface area contributed by atoms with Crippen LogP contribution in [0.3, 0.4) is 0 Å². The van der Waals surface area contributed by atoms with Gasteiger partial charge in [-0.25, -0.2) is 0 Å². The van der Waals surface area contributed by atoms with Gasteiger partial charge in [-0.15, -0.1) is 0 Å². The predicted octanol–water partition coefficient (Wildman–Crippen LogP) is 2.79. The quantitative estimate of drug-likeness (QED) is 0.669. The smallest absolute Gasteiger partial charge is 0.253 e. The Kier molecular flexibility index (Phi) is 8.68. The van der Waals surface area contributed by atoms with Crippen LogP contribution in [0, 0.1) is 0 Å². The van der Waals surface area contributed by atoms with E-state index in [4.69, 9.17) is 0 Å². The summed E-state index contributed by atoms with van der Waals surface area (Å²) in [5.41, 5.74) is 0.762. The van der Waals surface area contributed by atoms with Crippen LogP contribution < -0.4 is 0 Å². The number of rotatable bonds is 9. The van der Waals surface area contributed by atoms with Crippen LogP contribution in [0.15, 0.2) is 28.7 Å². The van der Waals surface area contributed by atoms with Crippen LogP contribution in [0.2, 0.25) is 0 Å². The summed E-state index contributed by atoms with van der Waals surface area (Å²) in [5.74, 6) is 0.130. The predicted molar refractivity (Wildman–Crippen MR) is 96.4 cm³/mol. The van der Waals surface area contributed by atoms with Gasteiger partial charge in [-0.2, -0.15) is 0 Å². The average molecular weight is 370 g/mol. The molecule has 0 radical (unpaired) electrons. The summed E-state index contributed by atoms with van der Waals surface area (Å²) >= 11 is 3.41. The van der Waals surface area contributed by atoms with Crippen LogP contribution in [0.5, 0.6) is 0 Å². The molecule has 1 amide bonds. The number of carbonyl (C=O) groups excluding carboxylic acids is 1. The molecule has 0 atom stereocenters. The number of carbonyl (C=O) groups is 1. The first-order valence-corrected chi connectivity index (χ1v) is 8.53. The van der Waals surface area contributed by atoms with E-state index in [1.165, 1.54) is 0 Å². The van der Waals surface area contributed by atoms with E-state index in [2.05, 4.69) is 53.9 Å². The highest BCUT2D eigenvalue weighted by molar-refractivity contribution is 9.10. The Labute approximate surface area is 143 Å². The number of hydrogen-bond donors (Lipinski definition) is 0. The van der Waals surface area contributed by atoms with Gasteiger partial charge >= 0.3 is 0 Å². The Morgan fingerprint density at radius 3 is 1.73 bits per heavy atom. The molecule has 5 heteroatoms. The molecule has 0 saturated carbocycles. The fraction of sp³-hybridized carbons (Fsp3) is 0.588. The lowest BCUT2D eigenvalue weighted by Gasteiger charge is -2.24. The molecule has 1 aromatic carbocycles. The van der Waals surface area contributed by atoms with Crippen molar-refractivity contribution in [1.29, 1.82) is 0 Å². The van der Waals surface area contributed by atoms with Crippen molar-refractivity contribution in [2.24, 2.45) is 0 Å². The summed E-state index contributed by atoms with van der Waals surface area (Å²) in [4.78, 5) is 19.0. The van der Waals surface area contributed by atoms with E-state index >= 15 is 0 Å². The summed E-state index contributed by atoms with van der Waals surface area (Å²) < 4.78 is 0.996. The van der Waals surface area contributed by atoms with Crippen molar-refractivity contribution in [3.63, 3.8) is 0 Å². The fourth-order valence-electron chi connectivity index (χ4n) is 2.25. The van der Waals surface area contributed by atoms with Crippen LogP contribution in [-0.2, 0) is 0 Å². The molecule has 0 fully saturated rings. The van der Waals surface area contributed by atoms with Gasteiger partial charge in [0.25, 0.3) is 5.91 Å². The number of halogens is 1. The first-order valence-electron chi connectivity index (χ1n) is 7.74. The number of hydrogen-bond acceptors (Lipinski definition) is 3. The lowest BCUT2D eigenvalue weighted by molar-refractivity contribution is 0.0744. The second kappa shape index (κ2) is 9.98. The Balaban J connectivity index is 2.65. The van der Waals surface area contributed by atoms with Gasteiger partial charge in [-0.05, 0) is 78.4 Å². The minimum Gasteiger partial charge on any atom is -0.339 e. The summed E-state index contributed by atoms with van der Waals surface area (Å²) in [5, 5.41) is 0. The third-order valence-corrected chi connectivity index (χ3v) is 3.97. The highest BCUT2D eigenvalue weighted by atomic mass is 79.9. The van der Waals surface area contributed by atoms with Crippen LogP contribution in [-0.4, -0.2) is 75.0 Å². The van der Waals surface area contributed by atoms with Crippen molar-refractivity contribution in [2.75, 3.05) is 54.4 Å². The lowest BCUT2D eigenvalue weighted by Crippen LogP contribution is -2.35. The number of nitrogens with zero attached hydrogens (tertiary/aromatic N) is 3. The van der Waals surface area contributed by atoms with Gasteiger partial charge < -0.3 is 14.7 Å². The van der Waals surface area contributed by atoms with E-state index in [1.54, 1.807) is 0 Å². The summed E-state index contributed by atoms with van der Waals surface area (Å²) in [6.45, 7) is 3.61. The van der Waals surface area contributed by atoms with Crippen molar-refractivity contribution >= 4 is 21.8 Å². The molecule has 0 aliphatic heterocycles. The topological polar surface area (TPSA) is 26.8 Å². The molecule has 0 unspecified atom stereocenters. The molecule has 0 spiro atoms. The maximum Gasteiger partial charge on any atom is 0.253 e. The van der Waals surface area contributed by atoms with E-state index in [-0.39, 0.29) is 5.91 Å². The largest absolute Gasteiger partial charge is 0.339 e. The standard InChI is InChI=1S/C17H28BrN3O/c1-19(2)11-5-13-21(14-6-12-20(3)4)17(22)15-7-9-16(18)10-8-15/h7-10H,5-6,11-14H2,1-4H3. The molecule has 4 nitrogen and oxygen atoms in total. The molecule has 0 aliphatic carbocycles. The Morgan fingerprint density at radius 1 is 0.864 bits per heavy atom. The molecule has 0 N–H and O–H groups in total. The van der Waals surface area contributed by atoms with Crippen molar-refractivity contribution in [2.45, 2.75) is 12.8 Å². The molecule has 0 aliphatic rings. The van der Waals surface area contributed by atoms with E-state index in [1.807, 2.05) is 29.2 Å². The van der Waals surface area contributed by atoms with Crippen molar-refractivity contribution in [3.8, 4) is 0 Å². The highest BCUT2D eigenvalue weighted by Gasteiger charge is 2.15. The molecule has 0 heterocycles. The molecule has 22 heavy (non-hydrogen) atoms. The number of amides is 1. The summed E-state index contributed by atoms with van der Waals surface area (Å²) in [6.07, 6.45) is 1.99. The van der Waals surface area contributed by atoms with Crippen LogP contribution >= 0.6 is 15.9 Å². The maximum atomic E-state index is 12.7. The Morgan fingerprint density at radius 2 is 1.32 bits per heavy atom. The molecule has 1 aromatic rings. The van der Waals surface area contributed by atoms with Gasteiger partial charge in [-0.3, -0.25) is 4.79 Å². The molecular formula is C17H28BrN3O. The Bertz CT molecular complexity index is 432. The zero-order valence-corrected chi connectivity index (χ0v) is 15.8. The second-order valence-corrected chi connectivity index (χ2v) is 7.03. The maximum absolute atomic E-state index is 12.7. The third-order valence-electron chi connectivity index (χ3n) is 3.45. The highest BCUT2D eigenvalue weighted by Crippen LogP contribution is 2.13. The number of benzene rings is 1. The molecule has 0 saturated heterocycles. The van der Waals surface area contributed by atoms with E-state index in [0.717, 1.165) is 49.1 Å². The second-order valence-electron chi connectivity index (χ2n) is 6.11. The van der Waals surface area contributed by atoms with Crippen molar-refractivity contribution < 1.29 is 4.79 Å². The third kappa shape index (κ3) is 7.38. The first kappa shape index (κ1) is 19.1. The van der Waals surface area contributed by atoms with Crippen molar-refractivity contribution in [3.05, 3.63) is 34.3 Å². The van der Waals surface area contributed by atoms with Crippen LogP contribution in [0.1, 0.15) is 23.2 Å². The van der Waals surface area contributed by atoms with Gasteiger partial charge in [0.1, 0.15) is 0 Å². The van der Waals surface area contributed by atoms with Crippen LogP contribution in [0.4, 0.5) is 0 Å². The monoisotopic (exact) mass is 369 g/mol. The molecule has 0 bridgehead atoms. The summed E-state index contributed by atoms with van der Waals surface area (Å²) in [6, 6.07) is 7.62. The molecule has 0 aromatic heterocycles. The zero-order chi connectivity index (χ0) is 16.5. The summed E-state index contributed by atoms with van der Waals surface area (Å²) in [7, 11) is 8.25.